The summed E-state index contributed by atoms with van der Waals surface area (Å²) in [6.07, 6.45) is 1.72. The number of hydrogen-bond acceptors (Lipinski definition) is 3. The monoisotopic (exact) mass is 244 g/mol. The molecule has 0 aliphatic carbocycles. The van der Waals surface area contributed by atoms with E-state index in [1.54, 1.807) is 23.0 Å². The number of carbonyl (C=O) groups is 1. The van der Waals surface area contributed by atoms with Crippen molar-refractivity contribution >= 4 is 11.7 Å². The van der Waals surface area contributed by atoms with Gasteiger partial charge in [-0.25, -0.2) is 4.98 Å². The molecule has 0 saturated heterocycles. The van der Waals surface area contributed by atoms with Crippen LogP contribution < -0.4 is 5.32 Å². The minimum absolute atomic E-state index is 0.186. The van der Waals surface area contributed by atoms with Gasteiger partial charge in [-0.1, -0.05) is 6.07 Å². The summed E-state index contributed by atoms with van der Waals surface area (Å²) in [6.45, 7) is 6.44. The van der Waals surface area contributed by atoms with Crippen molar-refractivity contribution in [2.75, 3.05) is 5.32 Å². The van der Waals surface area contributed by atoms with Gasteiger partial charge in [0.1, 0.15) is 11.5 Å². The molecule has 0 radical (unpaired) electrons. The van der Waals surface area contributed by atoms with Crippen molar-refractivity contribution in [3.8, 4) is 0 Å². The second-order valence-corrected chi connectivity index (χ2v) is 4.16. The fourth-order valence-electron chi connectivity index (χ4n) is 1.69. The molecule has 0 saturated carbocycles. The Hall–Kier alpha value is -2.17. The molecule has 2 heterocycles. The summed E-state index contributed by atoms with van der Waals surface area (Å²) in [5.74, 6) is 0.362. The lowest BCUT2D eigenvalue weighted by atomic mass is 10.3. The van der Waals surface area contributed by atoms with Crippen LogP contribution in [0.2, 0.25) is 0 Å². The molecule has 2 aromatic rings. The molecule has 0 aromatic carbocycles. The van der Waals surface area contributed by atoms with Crippen molar-refractivity contribution < 1.29 is 4.79 Å². The highest BCUT2D eigenvalue weighted by Gasteiger charge is 2.13. The zero-order valence-corrected chi connectivity index (χ0v) is 10.8. The Morgan fingerprint density at radius 2 is 2.17 bits per heavy atom. The van der Waals surface area contributed by atoms with Gasteiger partial charge in [-0.05, 0) is 38.5 Å². The van der Waals surface area contributed by atoms with E-state index in [4.69, 9.17) is 0 Å². The lowest BCUT2D eigenvalue weighted by Crippen LogP contribution is -2.17. The van der Waals surface area contributed by atoms with E-state index in [9.17, 15) is 4.79 Å². The van der Waals surface area contributed by atoms with Gasteiger partial charge in [0.15, 0.2) is 0 Å². The molecular formula is C13H16N4O. The zero-order valence-electron chi connectivity index (χ0n) is 10.8. The van der Waals surface area contributed by atoms with Crippen LogP contribution in [-0.2, 0) is 6.54 Å². The van der Waals surface area contributed by atoms with Gasteiger partial charge < -0.3 is 5.32 Å². The van der Waals surface area contributed by atoms with Crippen molar-refractivity contribution in [1.29, 1.82) is 0 Å². The van der Waals surface area contributed by atoms with Gasteiger partial charge in [0.2, 0.25) is 0 Å². The van der Waals surface area contributed by atoms with Crippen LogP contribution in [0.25, 0.3) is 0 Å². The van der Waals surface area contributed by atoms with Crippen molar-refractivity contribution in [2.24, 2.45) is 0 Å². The molecule has 1 amide bonds. The van der Waals surface area contributed by atoms with Gasteiger partial charge in [-0.2, -0.15) is 5.10 Å². The second-order valence-electron chi connectivity index (χ2n) is 4.16. The van der Waals surface area contributed by atoms with E-state index in [0.717, 1.165) is 11.3 Å². The van der Waals surface area contributed by atoms with Crippen LogP contribution in [-0.4, -0.2) is 20.7 Å². The summed E-state index contributed by atoms with van der Waals surface area (Å²) < 4.78 is 1.68. The topological polar surface area (TPSA) is 59.8 Å². The maximum Gasteiger partial charge on any atom is 0.275 e. The third kappa shape index (κ3) is 2.56. The molecule has 0 unspecified atom stereocenters. The maximum atomic E-state index is 12.1. The summed E-state index contributed by atoms with van der Waals surface area (Å²) >= 11 is 0. The van der Waals surface area contributed by atoms with E-state index in [1.165, 1.54) is 0 Å². The number of nitrogens with one attached hydrogen (secondary N) is 1. The molecule has 0 aliphatic rings. The molecule has 18 heavy (non-hydrogen) atoms. The molecule has 0 bridgehead atoms. The third-order valence-electron chi connectivity index (χ3n) is 2.59. The Morgan fingerprint density at radius 3 is 2.78 bits per heavy atom. The van der Waals surface area contributed by atoms with Crippen LogP contribution in [0, 0.1) is 13.8 Å². The number of rotatable bonds is 3. The lowest BCUT2D eigenvalue weighted by molar-refractivity contribution is 0.101. The Labute approximate surface area is 106 Å². The Balaban J connectivity index is 2.19. The number of hydrogen-bond donors (Lipinski definition) is 1. The lowest BCUT2D eigenvalue weighted by Gasteiger charge is -2.05. The standard InChI is InChI=1S/C13H16N4O/c1-4-17-11(7-10(3)16-17)13(18)15-12-6-5-9(2)8-14-12/h5-8H,4H2,1-3H3,(H,14,15,18). The van der Waals surface area contributed by atoms with E-state index in [-0.39, 0.29) is 5.91 Å². The first kappa shape index (κ1) is 12.3. The Kier molecular flexibility index (Phi) is 3.41. The molecular weight excluding hydrogens is 228 g/mol. The van der Waals surface area contributed by atoms with Crippen LogP contribution in [0.5, 0.6) is 0 Å². The first-order chi connectivity index (χ1) is 8.60. The van der Waals surface area contributed by atoms with Crippen LogP contribution in [0.4, 0.5) is 5.82 Å². The number of anilines is 1. The molecule has 1 N–H and O–H groups in total. The van der Waals surface area contributed by atoms with Crippen LogP contribution in [0.1, 0.15) is 28.7 Å². The van der Waals surface area contributed by atoms with Gasteiger partial charge in [-0.15, -0.1) is 0 Å². The van der Waals surface area contributed by atoms with Crippen molar-refractivity contribution in [2.45, 2.75) is 27.3 Å². The van der Waals surface area contributed by atoms with Gasteiger partial charge in [0.25, 0.3) is 5.91 Å². The predicted molar refractivity (Wildman–Crippen MR) is 69.6 cm³/mol. The number of carbonyl (C=O) groups excluding carboxylic acids is 1. The van der Waals surface area contributed by atoms with Crippen molar-refractivity contribution in [3.05, 3.63) is 41.3 Å². The minimum atomic E-state index is -0.186. The predicted octanol–water partition coefficient (Wildman–Crippen LogP) is 2.17. The summed E-state index contributed by atoms with van der Waals surface area (Å²) in [5, 5.41) is 7.00. The molecule has 0 fully saturated rings. The summed E-state index contributed by atoms with van der Waals surface area (Å²) in [6, 6.07) is 5.46. The van der Waals surface area contributed by atoms with E-state index >= 15 is 0 Å². The van der Waals surface area contributed by atoms with Gasteiger partial charge >= 0.3 is 0 Å². The number of pyridine rings is 1. The smallest absolute Gasteiger partial charge is 0.275 e. The average molecular weight is 244 g/mol. The first-order valence-corrected chi connectivity index (χ1v) is 5.88. The Morgan fingerprint density at radius 1 is 1.39 bits per heavy atom. The number of aromatic nitrogens is 3. The fraction of sp³-hybridized carbons (Fsp3) is 0.308. The molecule has 94 valence electrons. The average Bonchev–Trinajstić information content (AvgIpc) is 2.73. The molecule has 0 aliphatic heterocycles. The summed E-state index contributed by atoms with van der Waals surface area (Å²) in [5.41, 5.74) is 2.44. The molecule has 0 atom stereocenters. The number of aryl methyl sites for hydroxylation is 3. The molecule has 0 spiro atoms. The van der Waals surface area contributed by atoms with Crippen molar-refractivity contribution in [1.82, 2.24) is 14.8 Å². The van der Waals surface area contributed by atoms with E-state index in [0.29, 0.717) is 18.1 Å². The highest BCUT2D eigenvalue weighted by Crippen LogP contribution is 2.09. The third-order valence-corrected chi connectivity index (χ3v) is 2.59. The molecule has 5 nitrogen and oxygen atoms in total. The van der Waals surface area contributed by atoms with Crippen LogP contribution in [0.3, 0.4) is 0 Å². The SMILES string of the molecule is CCn1nc(C)cc1C(=O)Nc1ccc(C)cn1. The van der Waals surface area contributed by atoms with Gasteiger partial charge in [-0.3, -0.25) is 9.48 Å². The maximum absolute atomic E-state index is 12.1. The fourth-order valence-corrected chi connectivity index (χ4v) is 1.69. The first-order valence-electron chi connectivity index (χ1n) is 5.88. The highest BCUT2D eigenvalue weighted by molar-refractivity contribution is 6.02. The van der Waals surface area contributed by atoms with Crippen LogP contribution >= 0.6 is 0 Å². The van der Waals surface area contributed by atoms with Crippen LogP contribution in [0.15, 0.2) is 24.4 Å². The normalized spacial score (nSPS) is 10.4. The number of amides is 1. The summed E-state index contributed by atoms with van der Waals surface area (Å²) in [7, 11) is 0. The molecule has 2 rings (SSSR count). The largest absolute Gasteiger partial charge is 0.305 e. The van der Waals surface area contributed by atoms with Gasteiger partial charge in [0, 0.05) is 12.7 Å². The second kappa shape index (κ2) is 5.00. The molecule has 2 aromatic heterocycles. The van der Waals surface area contributed by atoms with E-state index < -0.39 is 0 Å². The number of nitrogens with zero attached hydrogens (tertiary/aromatic N) is 3. The summed E-state index contributed by atoms with van der Waals surface area (Å²) in [4.78, 5) is 16.2. The zero-order chi connectivity index (χ0) is 13.1. The van der Waals surface area contributed by atoms with E-state index in [1.807, 2.05) is 26.8 Å². The quantitative estimate of drug-likeness (QED) is 0.900. The molecule has 5 heteroatoms. The highest BCUT2D eigenvalue weighted by atomic mass is 16.2. The minimum Gasteiger partial charge on any atom is -0.305 e. The Bertz CT molecular complexity index is 557. The van der Waals surface area contributed by atoms with E-state index in [2.05, 4.69) is 15.4 Å². The van der Waals surface area contributed by atoms with Gasteiger partial charge in [0.05, 0.1) is 5.69 Å². The van der Waals surface area contributed by atoms with Crippen molar-refractivity contribution in [3.63, 3.8) is 0 Å².